The molecule has 0 aromatic heterocycles. The normalized spacial score (nSPS) is 17.0. The summed E-state index contributed by atoms with van der Waals surface area (Å²) in [5.41, 5.74) is -1.93. The second-order valence-electron chi connectivity index (χ2n) is 5.08. The summed E-state index contributed by atoms with van der Waals surface area (Å²) in [7, 11) is 0. The van der Waals surface area contributed by atoms with Crippen molar-refractivity contribution >= 4 is 23.3 Å². The molecule has 2 amide bonds. The van der Waals surface area contributed by atoms with Crippen LogP contribution in [-0.4, -0.2) is 23.3 Å². The zero-order valence-corrected chi connectivity index (χ0v) is 11.7. The minimum Gasteiger partial charge on any atom is -0.388 e. The largest absolute Gasteiger partial charge is 0.417 e. The molecule has 4 nitrogen and oxygen atoms in total. The zero-order chi connectivity index (χ0) is 15.7. The Bertz CT molecular complexity index is 545. The van der Waals surface area contributed by atoms with E-state index in [0.29, 0.717) is 12.8 Å². The Labute approximate surface area is 124 Å². The maximum absolute atomic E-state index is 12.7. The van der Waals surface area contributed by atoms with Gasteiger partial charge in [-0.3, -0.25) is 0 Å². The highest BCUT2D eigenvalue weighted by atomic mass is 35.5. The molecular weight excluding hydrogens is 309 g/mol. The van der Waals surface area contributed by atoms with Crippen LogP contribution in [0.4, 0.5) is 23.7 Å². The van der Waals surface area contributed by atoms with Crippen LogP contribution >= 0.6 is 11.6 Å². The Morgan fingerprint density at radius 1 is 1.38 bits per heavy atom. The van der Waals surface area contributed by atoms with Crippen molar-refractivity contribution in [3.8, 4) is 0 Å². The molecule has 0 aliphatic heterocycles. The molecule has 0 bridgehead atoms. The summed E-state index contributed by atoms with van der Waals surface area (Å²) in [6, 6.07) is 2.43. The Balaban J connectivity index is 1.97. The van der Waals surface area contributed by atoms with Crippen LogP contribution in [0.15, 0.2) is 18.2 Å². The van der Waals surface area contributed by atoms with Crippen LogP contribution in [0.5, 0.6) is 0 Å². The molecule has 0 unspecified atom stereocenters. The van der Waals surface area contributed by atoms with E-state index >= 15 is 0 Å². The SMILES string of the molecule is O=C(NCC1(O)CCC1)Nc1ccc(Cl)c(C(F)(F)F)c1. The first-order valence-electron chi connectivity index (χ1n) is 6.34. The van der Waals surface area contributed by atoms with E-state index < -0.39 is 28.4 Å². The molecule has 1 saturated carbocycles. The van der Waals surface area contributed by atoms with E-state index in [1.165, 1.54) is 6.07 Å². The fourth-order valence-electron chi connectivity index (χ4n) is 2.00. The summed E-state index contributed by atoms with van der Waals surface area (Å²) in [5, 5.41) is 14.1. The third kappa shape index (κ3) is 4.01. The van der Waals surface area contributed by atoms with Gasteiger partial charge in [0.1, 0.15) is 0 Å². The van der Waals surface area contributed by atoms with Crippen molar-refractivity contribution in [2.45, 2.75) is 31.0 Å². The van der Waals surface area contributed by atoms with Gasteiger partial charge in [0.15, 0.2) is 0 Å². The fourth-order valence-corrected chi connectivity index (χ4v) is 2.23. The minimum atomic E-state index is -4.59. The molecule has 0 spiro atoms. The molecule has 1 aromatic rings. The molecule has 0 saturated heterocycles. The number of carbonyl (C=O) groups is 1. The Morgan fingerprint density at radius 3 is 2.57 bits per heavy atom. The standard InChI is InChI=1S/C13H14ClF3N2O2/c14-10-3-2-8(6-9(10)13(15,16)17)19-11(20)18-7-12(21)4-1-5-12/h2-3,6,21H,1,4-5,7H2,(H2,18,19,20). The van der Waals surface area contributed by atoms with Crippen LogP contribution in [-0.2, 0) is 6.18 Å². The van der Waals surface area contributed by atoms with Gasteiger partial charge in [-0.05, 0) is 37.5 Å². The van der Waals surface area contributed by atoms with Gasteiger partial charge >= 0.3 is 12.2 Å². The van der Waals surface area contributed by atoms with Gasteiger partial charge in [-0.1, -0.05) is 11.6 Å². The van der Waals surface area contributed by atoms with Crippen molar-refractivity contribution in [1.82, 2.24) is 5.32 Å². The van der Waals surface area contributed by atoms with Crippen LogP contribution in [0.1, 0.15) is 24.8 Å². The van der Waals surface area contributed by atoms with Crippen LogP contribution < -0.4 is 10.6 Å². The number of halogens is 4. The minimum absolute atomic E-state index is 0.0233. The highest BCUT2D eigenvalue weighted by Crippen LogP contribution is 2.36. The lowest BCUT2D eigenvalue weighted by Crippen LogP contribution is -2.48. The zero-order valence-electron chi connectivity index (χ0n) is 10.9. The van der Waals surface area contributed by atoms with Crippen LogP contribution in [0.2, 0.25) is 5.02 Å². The molecular formula is C13H14ClF3N2O2. The summed E-state index contributed by atoms with van der Waals surface area (Å²) in [5.74, 6) is 0. The van der Waals surface area contributed by atoms with Gasteiger partial charge in [-0.15, -0.1) is 0 Å². The highest BCUT2D eigenvalue weighted by molar-refractivity contribution is 6.31. The molecule has 0 heterocycles. The highest BCUT2D eigenvalue weighted by Gasteiger charge is 2.35. The fraction of sp³-hybridized carbons (Fsp3) is 0.462. The number of aliphatic hydroxyl groups is 1. The predicted molar refractivity (Wildman–Crippen MR) is 72.3 cm³/mol. The van der Waals surface area contributed by atoms with Crippen molar-refractivity contribution in [1.29, 1.82) is 0 Å². The number of nitrogens with one attached hydrogen (secondary N) is 2. The first-order chi connectivity index (χ1) is 9.70. The molecule has 0 radical (unpaired) electrons. The van der Waals surface area contributed by atoms with Crippen LogP contribution in [0, 0.1) is 0 Å². The third-order valence-corrected chi connectivity index (χ3v) is 3.72. The van der Waals surface area contributed by atoms with E-state index in [4.69, 9.17) is 11.6 Å². The van der Waals surface area contributed by atoms with Gasteiger partial charge in [0.25, 0.3) is 0 Å². The number of urea groups is 1. The van der Waals surface area contributed by atoms with Crippen molar-refractivity contribution < 1.29 is 23.1 Å². The monoisotopic (exact) mass is 322 g/mol. The topological polar surface area (TPSA) is 61.4 Å². The van der Waals surface area contributed by atoms with Gasteiger partial charge < -0.3 is 15.7 Å². The summed E-state index contributed by atoms with van der Waals surface area (Å²) in [6.07, 6.45) is -2.49. The van der Waals surface area contributed by atoms with Crippen LogP contribution in [0.3, 0.4) is 0 Å². The summed E-state index contributed by atoms with van der Waals surface area (Å²) in [6.45, 7) is 0.0680. The molecule has 8 heteroatoms. The molecule has 116 valence electrons. The number of hydrogen-bond acceptors (Lipinski definition) is 2. The number of amides is 2. The third-order valence-electron chi connectivity index (χ3n) is 3.39. The predicted octanol–water partition coefficient (Wildman–Crippen LogP) is 3.40. The second-order valence-corrected chi connectivity index (χ2v) is 5.49. The molecule has 0 atom stereocenters. The lowest BCUT2D eigenvalue weighted by Gasteiger charge is -2.36. The smallest absolute Gasteiger partial charge is 0.388 e. The first-order valence-corrected chi connectivity index (χ1v) is 6.71. The second kappa shape index (κ2) is 5.73. The average molecular weight is 323 g/mol. The summed E-state index contributed by atoms with van der Waals surface area (Å²) >= 11 is 5.48. The number of hydrogen-bond donors (Lipinski definition) is 3. The van der Waals surface area contributed by atoms with E-state index in [-0.39, 0.29) is 12.2 Å². The van der Waals surface area contributed by atoms with E-state index in [2.05, 4.69) is 10.6 Å². The molecule has 1 aromatic carbocycles. The Kier molecular flexibility index (Phi) is 4.34. The Morgan fingerprint density at radius 2 is 2.05 bits per heavy atom. The van der Waals surface area contributed by atoms with Gasteiger partial charge in [-0.25, -0.2) is 4.79 Å². The molecule has 1 aliphatic rings. The lowest BCUT2D eigenvalue weighted by molar-refractivity contribution is -0.137. The molecule has 2 rings (SSSR count). The van der Waals surface area contributed by atoms with Gasteiger partial charge in [0.05, 0.1) is 16.2 Å². The average Bonchev–Trinajstić information content (AvgIpc) is 2.35. The van der Waals surface area contributed by atoms with Crippen molar-refractivity contribution in [3.05, 3.63) is 28.8 Å². The first kappa shape index (κ1) is 15.9. The van der Waals surface area contributed by atoms with Crippen molar-refractivity contribution in [3.63, 3.8) is 0 Å². The van der Waals surface area contributed by atoms with E-state index in [9.17, 15) is 23.1 Å². The lowest BCUT2D eigenvalue weighted by atomic mass is 9.80. The summed E-state index contributed by atoms with van der Waals surface area (Å²) < 4.78 is 38.0. The number of rotatable bonds is 3. The summed E-state index contributed by atoms with van der Waals surface area (Å²) in [4.78, 5) is 11.6. The molecule has 3 N–H and O–H groups in total. The quantitative estimate of drug-likeness (QED) is 0.798. The maximum Gasteiger partial charge on any atom is 0.417 e. The number of carbonyl (C=O) groups excluding carboxylic acids is 1. The Hall–Kier alpha value is -1.47. The molecule has 1 aliphatic carbocycles. The van der Waals surface area contributed by atoms with E-state index in [1.54, 1.807) is 0 Å². The van der Waals surface area contributed by atoms with Crippen LogP contribution in [0.25, 0.3) is 0 Å². The maximum atomic E-state index is 12.7. The van der Waals surface area contributed by atoms with E-state index in [0.717, 1.165) is 18.6 Å². The number of benzene rings is 1. The molecule has 1 fully saturated rings. The molecule has 21 heavy (non-hydrogen) atoms. The van der Waals surface area contributed by atoms with Gasteiger partial charge in [0.2, 0.25) is 0 Å². The van der Waals surface area contributed by atoms with Crippen molar-refractivity contribution in [2.75, 3.05) is 11.9 Å². The number of alkyl halides is 3. The van der Waals surface area contributed by atoms with E-state index in [1.807, 2.05) is 0 Å². The van der Waals surface area contributed by atoms with Gasteiger partial charge in [-0.2, -0.15) is 13.2 Å². The van der Waals surface area contributed by atoms with Crippen molar-refractivity contribution in [2.24, 2.45) is 0 Å². The number of anilines is 1. The van der Waals surface area contributed by atoms with Gasteiger partial charge in [0, 0.05) is 12.2 Å².